The molecule has 1 aromatic heterocycles. The molecule has 1 amide bonds. The Hall–Kier alpha value is -3.91. The van der Waals surface area contributed by atoms with E-state index in [1.807, 2.05) is 0 Å². The van der Waals surface area contributed by atoms with Crippen LogP contribution in [0.4, 0.5) is 11.4 Å². The molecule has 0 unspecified atom stereocenters. The van der Waals surface area contributed by atoms with Crippen molar-refractivity contribution in [2.75, 3.05) is 17.1 Å². The molecule has 2 N–H and O–H groups in total. The highest BCUT2D eigenvalue weighted by Gasteiger charge is 2.19. The zero-order chi connectivity index (χ0) is 21.8. The van der Waals surface area contributed by atoms with Gasteiger partial charge in [-0.3, -0.25) is 14.5 Å². The van der Waals surface area contributed by atoms with Gasteiger partial charge in [-0.25, -0.2) is 8.42 Å². The van der Waals surface area contributed by atoms with Crippen molar-refractivity contribution in [3.8, 4) is 5.75 Å². The SMILES string of the molecule is COc1ccc(NS(=O)(=O)c2ccc(NC(=O)c3ccncc3)c3ccccc23)cc1. The number of hydrogen-bond donors (Lipinski definition) is 2. The van der Waals surface area contributed by atoms with E-state index < -0.39 is 10.0 Å². The summed E-state index contributed by atoms with van der Waals surface area (Å²) in [6.07, 6.45) is 3.07. The molecule has 0 aliphatic carbocycles. The Labute approximate surface area is 179 Å². The Balaban J connectivity index is 1.69. The highest BCUT2D eigenvalue weighted by atomic mass is 32.2. The molecule has 0 atom stereocenters. The summed E-state index contributed by atoms with van der Waals surface area (Å²) in [5.41, 5.74) is 1.39. The zero-order valence-corrected chi connectivity index (χ0v) is 17.4. The molecular weight excluding hydrogens is 414 g/mol. The van der Waals surface area contributed by atoms with Gasteiger partial charge in [-0.2, -0.15) is 0 Å². The molecule has 0 saturated heterocycles. The third-order valence-corrected chi connectivity index (χ3v) is 6.15. The molecule has 1 heterocycles. The van der Waals surface area contributed by atoms with Crippen LogP contribution in [0.1, 0.15) is 10.4 Å². The van der Waals surface area contributed by atoms with Gasteiger partial charge in [0.2, 0.25) is 0 Å². The third kappa shape index (κ3) is 4.34. The minimum absolute atomic E-state index is 0.112. The molecule has 31 heavy (non-hydrogen) atoms. The van der Waals surface area contributed by atoms with Crippen molar-refractivity contribution in [2.45, 2.75) is 4.90 Å². The van der Waals surface area contributed by atoms with Crippen LogP contribution in [0.3, 0.4) is 0 Å². The number of pyridine rings is 1. The maximum Gasteiger partial charge on any atom is 0.262 e. The molecule has 4 rings (SSSR count). The van der Waals surface area contributed by atoms with Gasteiger partial charge >= 0.3 is 0 Å². The molecule has 7 nitrogen and oxygen atoms in total. The van der Waals surface area contributed by atoms with Gasteiger partial charge in [0.25, 0.3) is 15.9 Å². The number of aromatic nitrogens is 1. The van der Waals surface area contributed by atoms with Crippen LogP contribution in [-0.2, 0) is 10.0 Å². The number of amides is 1. The molecule has 3 aromatic carbocycles. The van der Waals surface area contributed by atoms with E-state index >= 15 is 0 Å². The first-order valence-electron chi connectivity index (χ1n) is 9.38. The summed E-state index contributed by atoms with van der Waals surface area (Å²) in [6.45, 7) is 0. The molecular formula is C23H19N3O4S. The van der Waals surface area contributed by atoms with Crippen molar-refractivity contribution in [1.29, 1.82) is 0 Å². The smallest absolute Gasteiger partial charge is 0.262 e. The Kier molecular flexibility index (Phi) is 5.55. The van der Waals surface area contributed by atoms with Gasteiger partial charge < -0.3 is 10.1 Å². The predicted octanol–water partition coefficient (Wildman–Crippen LogP) is 4.30. The Morgan fingerprint density at radius 1 is 0.871 bits per heavy atom. The molecule has 4 aromatic rings. The van der Waals surface area contributed by atoms with Crippen molar-refractivity contribution in [1.82, 2.24) is 4.98 Å². The fourth-order valence-electron chi connectivity index (χ4n) is 3.18. The van der Waals surface area contributed by atoms with Crippen LogP contribution in [0, 0.1) is 0 Å². The van der Waals surface area contributed by atoms with E-state index in [0.717, 1.165) is 0 Å². The molecule has 0 saturated carbocycles. The number of nitrogens with zero attached hydrogens (tertiary/aromatic N) is 1. The second kappa shape index (κ2) is 8.45. The molecule has 0 aliphatic heterocycles. The van der Waals surface area contributed by atoms with Crippen molar-refractivity contribution in [2.24, 2.45) is 0 Å². The summed E-state index contributed by atoms with van der Waals surface area (Å²) in [4.78, 5) is 16.6. The van der Waals surface area contributed by atoms with Crippen LogP contribution in [-0.4, -0.2) is 26.4 Å². The van der Waals surface area contributed by atoms with Crippen LogP contribution in [0.15, 0.2) is 90.1 Å². The van der Waals surface area contributed by atoms with E-state index in [4.69, 9.17) is 4.74 Å². The number of anilines is 2. The number of hydrogen-bond acceptors (Lipinski definition) is 5. The van der Waals surface area contributed by atoms with Gasteiger partial charge in [-0.15, -0.1) is 0 Å². The van der Waals surface area contributed by atoms with Crippen molar-refractivity contribution in [3.63, 3.8) is 0 Å². The summed E-state index contributed by atoms with van der Waals surface area (Å²) in [5, 5.41) is 3.96. The van der Waals surface area contributed by atoms with Crippen LogP contribution in [0.5, 0.6) is 5.75 Å². The topological polar surface area (TPSA) is 97.4 Å². The average Bonchev–Trinajstić information content (AvgIpc) is 2.80. The first kappa shape index (κ1) is 20.4. The molecule has 8 heteroatoms. The van der Waals surface area contributed by atoms with E-state index in [-0.39, 0.29) is 10.8 Å². The number of fused-ring (bicyclic) bond motifs is 1. The van der Waals surface area contributed by atoms with E-state index in [9.17, 15) is 13.2 Å². The van der Waals surface area contributed by atoms with Gasteiger partial charge in [-0.05, 0) is 48.5 Å². The number of rotatable bonds is 6. The first-order valence-corrected chi connectivity index (χ1v) is 10.9. The second-order valence-electron chi connectivity index (χ2n) is 6.68. The van der Waals surface area contributed by atoms with Crippen LogP contribution in [0.2, 0.25) is 0 Å². The summed E-state index contributed by atoms with van der Waals surface area (Å²) in [5.74, 6) is 0.321. The lowest BCUT2D eigenvalue weighted by molar-refractivity contribution is 0.102. The molecule has 0 radical (unpaired) electrons. The molecule has 0 fully saturated rings. The molecule has 0 bridgehead atoms. The zero-order valence-electron chi connectivity index (χ0n) is 16.6. The number of carbonyl (C=O) groups excluding carboxylic acids is 1. The third-order valence-electron chi connectivity index (χ3n) is 4.71. The highest BCUT2D eigenvalue weighted by molar-refractivity contribution is 7.93. The largest absolute Gasteiger partial charge is 0.497 e. The monoisotopic (exact) mass is 433 g/mol. The molecule has 0 aliphatic rings. The maximum atomic E-state index is 13.1. The predicted molar refractivity (Wildman–Crippen MR) is 120 cm³/mol. The molecule has 0 spiro atoms. The Morgan fingerprint density at radius 2 is 1.55 bits per heavy atom. The number of benzene rings is 3. The fourth-order valence-corrected chi connectivity index (χ4v) is 4.45. The van der Waals surface area contributed by atoms with E-state index in [1.54, 1.807) is 73.8 Å². The van der Waals surface area contributed by atoms with Crippen molar-refractivity contribution >= 4 is 38.1 Å². The van der Waals surface area contributed by atoms with Gasteiger partial charge in [0.15, 0.2) is 0 Å². The van der Waals surface area contributed by atoms with Crippen molar-refractivity contribution in [3.05, 3.63) is 90.8 Å². The quantitative estimate of drug-likeness (QED) is 0.473. The summed E-state index contributed by atoms with van der Waals surface area (Å²) >= 11 is 0. The fraction of sp³-hybridized carbons (Fsp3) is 0.0435. The Morgan fingerprint density at radius 3 is 2.23 bits per heavy atom. The number of ether oxygens (including phenoxy) is 1. The summed E-state index contributed by atoms with van der Waals surface area (Å²) in [6, 6.07) is 19.9. The second-order valence-corrected chi connectivity index (χ2v) is 8.33. The summed E-state index contributed by atoms with van der Waals surface area (Å²) in [7, 11) is -2.33. The number of methoxy groups -OCH3 is 1. The van der Waals surface area contributed by atoms with Gasteiger partial charge in [0.1, 0.15) is 5.75 Å². The van der Waals surface area contributed by atoms with Crippen LogP contribution >= 0.6 is 0 Å². The summed E-state index contributed by atoms with van der Waals surface area (Å²) < 4.78 is 33.9. The lowest BCUT2D eigenvalue weighted by atomic mass is 10.1. The van der Waals surface area contributed by atoms with Gasteiger partial charge in [0.05, 0.1) is 12.0 Å². The van der Waals surface area contributed by atoms with E-state index in [2.05, 4.69) is 15.0 Å². The van der Waals surface area contributed by atoms with Crippen LogP contribution in [0.25, 0.3) is 10.8 Å². The number of carbonyl (C=O) groups is 1. The standard InChI is InChI=1S/C23H19N3O4S/c1-30-18-8-6-17(7-9-18)26-31(28,29)22-11-10-21(19-4-2-3-5-20(19)22)25-23(27)16-12-14-24-15-13-16/h2-15,26H,1H3,(H,25,27). The Bertz CT molecular complexity index is 1340. The van der Waals surface area contributed by atoms with E-state index in [0.29, 0.717) is 33.5 Å². The first-order chi connectivity index (χ1) is 15.0. The van der Waals surface area contributed by atoms with E-state index in [1.165, 1.54) is 18.5 Å². The minimum atomic E-state index is -3.87. The number of sulfonamides is 1. The maximum absolute atomic E-state index is 13.1. The number of nitrogens with one attached hydrogen (secondary N) is 2. The van der Waals surface area contributed by atoms with Gasteiger partial charge in [0, 0.05) is 40.1 Å². The van der Waals surface area contributed by atoms with Crippen LogP contribution < -0.4 is 14.8 Å². The lowest BCUT2D eigenvalue weighted by Gasteiger charge is -2.14. The van der Waals surface area contributed by atoms with Crippen molar-refractivity contribution < 1.29 is 17.9 Å². The van der Waals surface area contributed by atoms with Gasteiger partial charge in [-0.1, -0.05) is 24.3 Å². The molecule has 156 valence electrons. The minimum Gasteiger partial charge on any atom is -0.497 e. The normalized spacial score (nSPS) is 11.1. The average molecular weight is 433 g/mol. The highest BCUT2D eigenvalue weighted by Crippen LogP contribution is 2.31. The lowest BCUT2D eigenvalue weighted by Crippen LogP contribution is -2.15.